The zero-order valence-electron chi connectivity index (χ0n) is 24.6. The van der Waals surface area contributed by atoms with Gasteiger partial charge in [0.05, 0.1) is 10.9 Å². The molecule has 0 fully saturated rings. The molecule has 11 heteroatoms. The van der Waals surface area contributed by atoms with Crippen LogP contribution in [0.2, 0.25) is 0 Å². The van der Waals surface area contributed by atoms with E-state index in [1.165, 1.54) is 16.4 Å². The molecule has 1 unspecified atom stereocenters. The molecule has 1 aliphatic heterocycles. The van der Waals surface area contributed by atoms with E-state index in [4.69, 9.17) is 14.2 Å². The van der Waals surface area contributed by atoms with Crippen molar-refractivity contribution in [3.63, 3.8) is 0 Å². The number of nitrogens with zero attached hydrogens (tertiary/aromatic N) is 2. The third kappa shape index (κ3) is 7.42. The third-order valence-electron chi connectivity index (χ3n) is 7.42. The first-order chi connectivity index (χ1) is 21.1. The van der Waals surface area contributed by atoms with E-state index >= 15 is 0 Å². The normalized spacial score (nSPS) is 13.4. The van der Waals surface area contributed by atoms with E-state index in [1.54, 1.807) is 18.2 Å². The molecule has 0 radical (unpaired) electrons. The van der Waals surface area contributed by atoms with Gasteiger partial charge in [-0.2, -0.15) is 9.37 Å². The van der Waals surface area contributed by atoms with E-state index in [-0.39, 0.29) is 48.6 Å². The largest absolute Gasteiger partial charge is 0.489 e. The van der Waals surface area contributed by atoms with Crippen molar-refractivity contribution < 1.29 is 37.7 Å². The number of fused-ring (bicyclic) bond motifs is 2. The zero-order chi connectivity index (χ0) is 31.3. The molecule has 0 spiro atoms. The molecule has 1 aliphatic rings. The summed E-state index contributed by atoms with van der Waals surface area (Å²) in [7, 11) is -3.95. The lowest BCUT2D eigenvalue weighted by Crippen LogP contribution is -2.42. The van der Waals surface area contributed by atoms with Crippen molar-refractivity contribution in [3.05, 3.63) is 96.1 Å². The number of ether oxygens (including phenoxy) is 3. The quantitative estimate of drug-likeness (QED) is 0.134. The second-order valence-electron chi connectivity index (χ2n) is 11.2. The molecule has 5 rings (SSSR count). The average Bonchev–Trinajstić information content (AvgIpc) is 3.49. The molecule has 232 valence electrons. The predicted octanol–water partition coefficient (Wildman–Crippen LogP) is 6.16. The maximum Gasteiger partial charge on any atom is 0.431 e. The number of sulfonamides is 1. The van der Waals surface area contributed by atoms with Crippen LogP contribution in [0.4, 0.5) is 4.79 Å². The van der Waals surface area contributed by atoms with E-state index in [1.807, 2.05) is 44.2 Å². The molecule has 1 amide bonds. The van der Waals surface area contributed by atoms with Crippen LogP contribution in [0.1, 0.15) is 31.4 Å². The highest BCUT2D eigenvalue weighted by Crippen LogP contribution is 2.35. The van der Waals surface area contributed by atoms with Gasteiger partial charge in [0.1, 0.15) is 12.4 Å². The Balaban J connectivity index is 1.25. The summed E-state index contributed by atoms with van der Waals surface area (Å²) in [4.78, 5) is 11.8. The number of hydrogen-bond donors (Lipinski definition) is 2. The predicted molar refractivity (Wildman–Crippen MR) is 165 cm³/mol. The Labute approximate surface area is 257 Å². The molecule has 2 N–H and O–H groups in total. The van der Waals surface area contributed by atoms with Crippen LogP contribution in [-0.4, -0.2) is 60.1 Å². The van der Waals surface area contributed by atoms with Gasteiger partial charge in [0.25, 0.3) is 0 Å². The summed E-state index contributed by atoms with van der Waals surface area (Å²) >= 11 is 0. The van der Waals surface area contributed by atoms with Crippen molar-refractivity contribution in [2.45, 2.75) is 44.2 Å². The summed E-state index contributed by atoms with van der Waals surface area (Å²) in [5, 5.41) is 22.5. The van der Waals surface area contributed by atoms with Crippen LogP contribution in [0.3, 0.4) is 0 Å². The molecule has 4 aromatic carbocycles. The highest BCUT2D eigenvalue weighted by molar-refractivity contribution is 7.89. The molecule has 1 heterocycles. The lowest BCUT2D eigenvalue weighted by atomic mass is 10.0. The lowest BCUT2D eigenvalue weighted by molar-refractivity contribution is -0.0984. The molecule has 10 nitrogen and oxygen atoms in total. The molecule has 1 atom stereocenters. The molecule has 0 bridgehead atoms. The summed E-state index contributed by atoms with van der Waals surface area (Å²) in [6.07, 6.45) is -1.27. The van der Waals surface area contributed by atoms with E-state index in [9.17, 15) is 23.5 Å². The summed E-state index contributed by atoms with van der Waals surface area (Å²) in [6.45, 7) is 4.43. The number of amides is 1. The van der Waals surface area contributed by atoms with E-state index in [0.29, 0.717) is 23.9 Å². The zero-order valence-corrected chi connectivity index (χ0v) is 25.4. The molecule has 0 aliphatic carbocycles. The minimum absolute atomic E-state index is 0.00306. The van der Waals surface area contributed by atoms with Gasteiger partial charge in [0.15, 0.2) is 11.5 Å². The van der Waals surface area contributed by atoms with Gasteiger partial charge in [-0.05, 0) is 71.0 Å². The van der Waals surface area contributed by atoms with Crippen molar-refractivity contribution in [1.82, 2.24) is 9.37 Å². The Morgan fingerprint density at radius 3 is 2.34 bits per heavy atom. The van der Waals surface area contributed by atoms with Gasteiger partial charge in [-0.3, -0.25) is 5.21 Å². The standard InChI is InChI=1S/C33H36N2O8S/c1-23(2)20-34(44(39,40)30-13-14-31-32(19-30)43-22-42-31)16-15-28(35(38)33(36)37)18-24-8-11-29(12-9-24)41-21-25-7-10-26-5-3-4-6-27(26)17-25/h3-14,17,19,23,28,38H,15-16,18,20-22H2,1-2H3,(H,36,37). The molecule has 4 aromatic rings. The Morgan fingerprint density at radius 1 is 0.909 bits per heavy atom. The monoisotopic (exact) mass is 620 g/mol. The highest BCUT2D eigenvalue weighted by atomic mass is 32.2. The molecule has 0 saturated carbocycles. The van der Waals surface area contributed by atoms with Crippen LogP contribution < -0.4 is 14.2 Å². The Bertz CT molecular complexity index is 1710. The SMILES string of the molecule is CC(C)CN(CCC(Cc1ccc(OCc2ccc3ccccc3c2)cc1)N(O)C(=O)O)S(=O)(=O)c1ccc2c(c1)OCO2. The number of carbonyl (C=O) groups is 1. The summed E-state index contributed by atoms with van der Waals surface area (Å²) in [6, 6.07) is 25.1. The second kappa shape index (κ2) is 13.5. The maximum absolute atomic E-state index is 13.6. The van der Waals surface area contributed by atoms with E-state index in [2.05, 4.69) is 24.3 Å². The van der Waals surface area contributed by atoms with Gasteiger partial charge < -0.3 is 19.3 Å². The van der Waals surface area contributed by atoms with Gasteiger partial charge in [0, 0.05) is 19.2 Å². The molecule has 0 aromatic heterocycles. The average molecular weight is 621 g/mol. The van der Waals surface area contributed by atoms with Crippen molar-refractivity contribution in [3.8, 4) is 17.2 Å². The van der Waals surface area contributed by atoms with Crippen molar-refractivity contribution in [2.24, 2.45) is 5.92 Å². The fraction of sp³-hybridized carbons (Fsp3) is 0.303. The number of rotatable bonds is 13. The van der Waals surface area contributed by atoms with Crippen LogP contribution in [0.15, 0.2) is 89.8 Å². The minimum Gasteiger partial charge on any atom is -0.489 e. The highest BCUT2D eigenvalue weighted by Gasteiger charge is 2.30. The molecule has 0 saturated heterocycles. The molecule has 44 heavy (non-hydrogen) atoms. The maximum atomic E-state index is 13.6. The van der Waals surface area contributed by atoms with Crippen molar-refractivity contribution in [1.29, 1.82) is 0 Å². The fourth-order valence-corrected chi connectivity index (χ4v) is 6.79. The van der Waals surface area contributed by atoms with Crippen LogP contribution in [-0.2, 0) is 23.1 Å². The molecular formula is C33H36N2O8S. The Hall–Kier alpha value is -4.32. The first-order valence-corrected chi connectivity index (χ1v) is 15.8. The van der Waals surface area contributed by atoms with E-state index in [0.717, 1.165) is 21.9 Å². The first-order valence-electron chi connectivity index (χ1n) is 14.4. The second-order valence-corrected chi connectivity index (χ2v) is 13.1. The van der Waals surface area contributed by atoms with Crippen molar-refractivity contribution >= 4 is 26.9 Å². The fourth-order valence-electron chi connectivity index (χ4n) is 5.15. The Morgan fingerprint density at radius 2 is 1.61 bits per heavy atom. The van der Waals surface area contributed by atoms with Gasteiger partial charge in [-0.1, -0.05) is 62.4 Å². The van der Waals surface area contributed by atoms with E-state index < -0.39 is 22.2 Å². The number of benzene rings is 4. The number of hydrogen-bond acceptors (Lipinski definition) is 7. The number of carboxylic acid groups (broad SMARTS) is 1. The van der Waals surface area contributed by atoms with Gasteiger partial charge >= 0.3 is 6.09 Å². The summed E-state index contributed by atoms with van der Waals surface area (Å²) in [5.74, 6) is 1.48. The van der Waals surface area contributed by atoms with Gasteiger partial charge in [0.2, 0.25) is 16.8 Å². The lowest BCUT2D eigenvalue weighted by Gasteiger charge is -2.28. The summed E-state index contributed by atoms with van der Waals surface area (Å²) in [5.41, 5.74) is 1.80. The van der Waals surface area contributed by atoms with Gasteiger partial charge in [-0.25, -0.2) is 13.2 Å². The van der Waals surface area contributed by atoms with Gasteiger partial charge in [-0.15, -0.1) is 0 Å². The minimum atomic E-state index is -3.95. The third-order valence-corrected chi connectivity index (χ3v) is 9.28. The topological polar surface area (TPSA) is 126 Å². The number of hydroxylamine groups is 2. The first kappa shape index (κ1) is 31.1. The summed E-state index contributed by atoms with van der Waals surface area (Å²) < 4.78 is 45.2. The smallest absolute Gasteiger partial charge is 0.431 e. The Kier molecular flexibility index (Phi) is 9.58. The van der Waals surface area contributed by atoms with Crippen LogP contribution in [0.5, 0.6) is 17.2 Å². The van der Waals surface area contributed by atoms with Crippen LogP contribution >= 0.6 is 0 Å². The van der Waals surface area contributed by atoms with Crippen LogP contribution in [0, 0.1) is 5.92 Å². The van der Waals surface area contributed by atoms with Crippen LogP contribution in [0.25, 0.3) is 10.8 Å². The molecular weight excluding hydrogens is 584 g/mol. The van der Waals surface area contributed by atoms with Crippen molar-refractivity contribution in [2.75, 3.05) is 19.9 Å².